The fraction of sp³-hybridized carbons (Fsp3) is 0.462. The van der Waals surface area contributed by atoms with E-state index in [4.69, 9.17) is 0 Å². The third-order valence-corrected chi connectivity index (χ3v) is 3.26. The fourth-order valence-corrected chi connectivity index (χ4v) is 1.75. The molecule has 0 spiro atoms. The predicted molar refractivity (Wildman–Crippen MR) is 70.0 cm³/mol. The van der Waals surface area contributed by atoms with Crippen molar-refractivity contribution in [1.29, 1.82) is 0 Å². The van der Waals surface area contributed by atoms with Crippen LogP contribution in [0.2, 0.25) is 0 Å². The van der Waals surface area contributed by atoms with Gasteiger partial charge in [0.25, 0.3) is 0 Å². The van der Waals surface area contributed by atoms with E-state index in [2.05, 4.69) is 35.1 Å². The van der Waals surface area contributed by atoms with E-state index in [1.54, 1.807) is 0 Å². The van der Waals surface area contributed by atoms with Crippen LogP contribution < -0.4 is 5.32 Å². The highest BCUT2D eigenvalue weighted by atomic mass is 79.9. The van der Waals surface area contributed by atoms with Crippen LogP contribution in [0.15, 0.2) is 28.7 Å². The molecule has 16 heavy (non-hydrogen) atoms. The zero-order valence-corrected chi connectivity index (χ0v) is 11.5. The van der Waals surface area contributed by atoms with Crippen LogP contribution in [0, 0.1) is 11.8 Å². The van der Waals surface area contributed by atoms with Gasteiger partial charge in [-0.3, -0.25) is 4.79 Å². The van der Waals surface area contributed by atoms with E-state index < -0.39 is 0 Å². The molecule has 0 saturated heterocycles. The summed E-state index contributed by atoms with van der Waals surface area (Å²) in [4.78, 5) is 11.7. The van der Waals surface area contributed by atoms with E-state index in [9.17, 15) is 4.79 Å². The molecule has 0 saturated carbocycles. The Morgan fingerprint density at radius 2 is 2.06 bits per heavy atom. The summed E-state index contributed by atoms with van der Waals surface area (Å²) >= 11 is 3.41. The van der Waals surface area contributed by atoms with Crippen LogP contribution in [-0.2, 0) is 11.3 Å². The van der Waals surface area contributed by atoms with Gasteiger partial charge in [0.2, 0.25) is 5.91 Å². The molecule has 1 atom stereocenters. The maximum Gasteiger partial charge on any atom is 0.223 e. The van der Waals surface area contributed by atoms with Gasteiger partial charge in [0, 0.05) is 16.9 Å². The van der Waals surface area contributed by atoms with Crippen molar-refractivity contribution in [2.45, 2.75) is 27.3 Å². The van der Waals surface area contributed by atoms with Gasteiger partial charge in [-0.05, 0) is 23.6 Å². The van der Waals surface area contributed by atoms with Gasteiger partial charge in [0.1, 0.15) is 0 Å². The lowest BCUT2D eigenvalue weighted by Gasteiger charge is -2.15. The third-order valence-electron chi connectivity index (χ3n) is 2.77. The van der Waals surface area contributed by atoms with Crippen molar-refractivity contribution in [3.8, 4) is 0 Å². The molecule has 1 amide bonds. The van der Waals surface area contributed by atoms with E-state index in [0.29, 0.717) is 12.5 Å². The molecule has 3 heteroatoms. The SMILES string of the molecule is CC(C)C(C)C(=O)NCc1cccc(Br)c1. The Hall–Kier alpha value is -0.830. The fourth-order valence-electron chi connectivity index (χ4n) is 1.30. The minimum absolute atomic E-state index is 0.0622. The van der Waals surface area contributed by atoms with Crippen LogP contribution in [0.4, 0.5) is 0 Å². The summed E-state index contributed by atoms with van der Waals surface area (Å²) < 4.78 is 1.04. The van der Waals surface area contributed by atoms with Crippen LogP contribution in [0.5, 0.6) is 0 Å². The van der Waals surface area contributed by atoms with E-state index in [0.717, 1.165) is 10.0 Å². The van der Waals surface area contributed by atoms with Crippen molar-refractivity contribution in [2.24, 2.45) is 11.8 Å². The second kappa shape index (κ2) is 6.04. The number of halogens is 1. The van der Waals surface area contributed by atoms with Gasteiger partial charge in [-0.1, -0.05) is 48.8 Å². The number of carbonyl (C=O) groups is 1. The molecule has 1 aromatic carbocycles. The zero-order chi connectivity index (χ0) is 12.1. The first kappa shape index (κ1) is 13.2. The lowest BCUT2D eigenvalue weighted by molar-refractivity contribution is -0.125. The first-order valence-electron chi connectivity index (χ1n) is 5.53. The standard InChI is InChI=1S/C13H18BrNO/c1-9(2)10(3)13(16)15-8-11-5-4-6-12(14)7-11/h4-7,9-10H,8H2,1-3H3,(H,15,16). The average molecular weight is 284 g/mol. The highest BCUT2D eigenvalue weighted by Crippen LogP contribution is 2.12. The topological polar surface area (TPSA) is 29.1 Å². The summed E-state index contributed by atoms with van der Waals surface area (Å²) in [6.07, 6.45) is 0. The highest BCUT2D eigenvalue weighted by Gasteiger charge is 2.15. The van der Waals surface area contributed by atoms with Crippen molar-refractivity contribution in [1.82, 2.24) is 5.32 Å². The molecule has 0 heterocycles. The summed E-state index contributed by atoms with van der Waals surface area (Å²) in [5.74, 6) is 0.560. The molecular weight excluding hydrogens is 266 g/mol. The monoisotopic (exact) mass is 283 g/mol. The Bertz CT molecular complexity index is 363. The normalized spacial score (nSPS) is 12.6. The minimum atomic E-state index is 0.0622. The maximum atomic E-state index is 11.7. The van der Waals surface area contributed by atoms with Crippen molar-refractivity contribution < 1.29 is 4.79 Å². The van der Waals surface area contributed by atoms with E-state index in [1.807, 2.05) is 31.2 Å². The summed E-state index contributed by atoms with van der Waals surface area (Å²) in [6, 6.07) is 7.96. The van der Waals surface area contributed by atoms with Crippen molar-refractivity contribution in [3.63, 3.8) is 0 Å². The number of benzene rings is 1. The number of nitrogens with one attached hydrogen (secondary N) is 1. The van der Waals surface area contributed by atoms with Crippen LogP contribution in [0.3, 0.4) is 0 Å². The second-order valence-electron chi connectivity index (χ2n) is 4.38. The molecule has 0 aliphatic carbocycles. The largest absolute Gasteiger partial charge is 0.352 e. The Balaban J connectivity index is 2.49. The van der Waals surface area contributed by atoms with E-state index >= 15 is 0 Å². The average Bonchev–Trinajstić information content (AvgIpc) is 2.24. The molecule has 0 bridgehead atoms. The van der Waals surface area contributed by atoms with Gasteiger partial charge in [-0.15, -0.1) is 0 Å². The van der Waals surface area contributed by atoms with Gasteiger partial charge in [-0.2, -0.15) is 0 Å². The van der Waals surface area contributed by atoms with Crippen molar-refractivity contribution in [2.75, 3.05) is 0 Å². The van der Waals surface area contributed by atoms with E-state index in [-0.39, 0.29) is 11.8 Å². The third kappa shape index (κ3) is 3.97. The number of rotatable bonds is 4. The molecule has 1 unspecified atom stereocenters. The second-order valence-corrected chi connectivity index (χ2v) is 5.30. The molecule has 88 valence electrons. The molecule has 0 aliphatic heterocycles. The quantitative estimate of drug-likeness (QED) is 0.902. The van der Waals surface area contributed by atoms with Crippen LogP contribution >= 0.6 is 15.9 Å². The summed E-state index contributed by atoms with van der Waals surface area (Å²) in [5, 5.41) is 2.95. The molecule has 0 radical (unpaired) electrons. The van der Waals surface area contributed by atoms with Gasteiger partial charge >= 0.3 is 0 Å². The minimum Gasteiger partial charge on any atom is -0.352 e. The molecule has 0 aromatic heterocycles. The van der Waals surface area contributed by atoms with Gasteiger partial charge in [-0.25, -0.2) is 0 Å². The molecule has 1 aromatic rings. The lowest BCUT2D eigenvalue weighted by Crippen LogP contribution is -2.31. The van der Waals surface area contributed by atoms with Crippen molar-refractivity contribution in [3.05, 3.63) is 34.3 Å². The van der Waals surface area contributed by atoms with Crippen LogP contribution in [0.25, 0.3) is 0 Å². The van der Waals surface area contributed by atoms with Gasteiger partial charge in [0.15, 0.2) is 0 Å². The Kier molecular flexibility index (Phi) is 5.00. The molecular formula is C13H18BrNO. The number of hydrogen-bond donors (Lipinski definition) is 1. The van der Waals surface area contributed by atoms with Crippen molar-refractivity contribution >= 4 is 21.8 Å². The Morgan fingerprint density at radius 1 is 1.38 bits per heavy atom. The Labute approximate surface area is 106 Å². The number of hydrogen-bond acceptors (Lipinski definition) is 1. The summed E-state index contributed by atoms with van der Waals surface area (Å²) in [6.45, 7) is 6.67. The lowest BCUT2D eigenvalue weighted by atomic mass is 9.97. The Morgan fingerprint density at radius 3 is 2.62 bits per heavy atom. The smallest absolute Gasteiger partial charge is 0.223 e. The number of carbonyl (C=O) groups excluding carboxylic acids is 1. The van der Waals surface area contributed by atoms with Gasteiger partial charge < -0.3 is 5.32 Å². The zero-order valence-electron chi connectivity index (χ0n) is 9.96. The van der Waals surface area contributed by atoms with Gasteiger partial charge in [0.05, 0.1) is 0 Å². The predicted octanol–water partition coefficient (Wildman–Crippen LogP) is 3.36. The molecule has 1 rings (SSSR count). The first-order valence-corrected chi connectivity index (χ1v) is 6.32. The molecule has 0 aliphatic rings. The first-order chi connectivity index (χ1) is 7.50. The summed E-state index contributed by atoms with van der Waals surface area (Å²) in [5.41, 5.74) is 1.11. The highest BCUT2D eigenvalue weighted by molar-refractivity contribution is 9.10. The molecule has 0 fully saturated rings. The summed E-state index contributed by atoms with van der Waals surface area (Å²) in [7, 11) is 0. The number of amides is 1. The van der Waals surface area contributed by atoms with Crippen LogP contribution in [-0.4, -0.2) is 5.91 Å². The van der Waals surface area contributed by atoms with Crippen LogP contribution in [0.1, 0.15) is 26.3 Å². The maximum absolute atomic E-state index is 11.7. The molecule has 2 nitrogen and oxygen atoms in total. The molecule has 1 N–H and O–H groups in total. The van der Waals surface area contributed by atoms with E-state index in [1.165, 1.54) is 0 Å².